The number of hydrogen-bond acceptors (Lipinski definition) is 3. The molecule has 1 fully saturated rings. The molecular formula is C14H25NO4. The predicted molar refractivity (Wildman–Crippen MR) is 71.6 cm³/mol. The van der Waals surface area contributed by atoms with Gasteiger partial charge in [-0.15, -0.1) is 0 Å². The number of carbonyl (C=O) groups is 2. The normalized spacial score (nSPS) is 22.1. The first-order valence-corrected chi connectivity index (χ1v) is 7.09. The standard InChI is InChI=1S/C14H25NO4/c1-10(11(2)13(17)18)12(16)15-9-14(19)7-5-3-4-6-8-14/h10-11,19H,3-9H2,1-2H3,(H,15,16)(H,17,18). The molecule has 1 amide bonds. The van der Waals surface area contributed by atoms with Crippen LogP contribution >= 0.6 is 0 Å². The van der Waals surface area contributed by atoms with Crippen LogP contribution in [-0.4, -0.2) is 34.2 Å². The van der Waals surface area contributed by atoms with Crippen LogP contribution < -0.4 is 5.32 Å². The molecule has 1 aliphatic carbocycles. The van der Waals surface area contributed by atoms with Gasteiger partial charge >= 0.3 is 5.97 Å². The number of carbonyl (C=O) groups excluding carboxylic acids is 1. The SMILES string of the molecule is CC(C(=O)O)C(C)C(=O)NCC1(O)CCCCCC1. The van der Waals surface area contributed by atoms with Crippen molar-refractivity contribution < 1.29 is 19.8 Å². The summed E-state index contributed by atoms with van der Waals surface area (Å²) in [7, 11) is 0. The number of aliphatic hydroxyl groups is 1. The van der Waals surface area contributed by atoms with Gasteiger partial charge in [0.05, 0.1) is 11.5 Å². The van der Waals surface area contributed by atoms with Gasteiger partial charge in [-0.1, -0.05) is 39.5 Å². The lowest BCUT2D eigenvalue weighted by Gasteiger charge is -2.28. The maximum atomic E-state index is 11.9. The second-order valence-corrected chi connectivity index (χ2v) is 5.77. The third-order valence-electron chi connectivity index (χ3n) is 4.18. The highest BCUT2D eigenvalue weighted by molar-refractivity contribution is 5.84. The quantitative estimate of drug-likeness (QED) is 0.662. The Hall–Kier alpha value is -1.10. The molecule has 1 saturated carbocycles. The van der Waals surface area contributed by atoms with Crippen LogP contribution in [0.1, 0.15) is 52.4 Å². The molecule has 0 aromatic rings. The van der Waals surface area contributed by atoms with Crippen molar-refractivity contribution in [3.8, 4) is 0 Å². The largest absolute Gasteiger partial charge is 0.481 e. The van der Waals surface area contributed by atoms with Gasteiger partial charge in [0.1, 0.15) is 0 Å². The summed E-state index contributed by atoms with van der Waals surface area (Å²) in [4.78, 5) is 22.7. The fraction of sp³-hybridized carbons (Fsp3) is 0.857. The van der Waals surface area contributed by atoms with Crippen LogP contribution in [0, 0.1) is 11.8 Å². The summed E-state index contributed by atoms with van der Waals surface area (Å²) in [6, 6.07) is 0. The Morgan fingerprint density at radius 3 is 2.11 bits per heavy atom. The van der Waals surface area contributed by atoms with Crippen molar-refractivity contribution in [3.63, 3.8) is 0 Å². The molecule has 2 atom stereocenters. The van der Waals surface area contributed by atoms with Gasteiger partial charge in [0, 0.05) is 12.5 Å². The molecule has 5 heteroatoms. The van der Waals surface area contributed by atoms with Crippen LogP contribution in [0.2, 0.25) is 0 Å². The maximum absolute atomic E-state index is 11.9. The Bertz CT molecular complexity index is 321. The molecule has 0 radical (unpaired) electrons. The topological polar surface area (TPSA) is 86.6 Å². The Labute approximate surface area is 114 Å². The van der Waals surface area contributed by atoms with Gasteiger partial charge in [-0.05, 0) is 12.8 Å². The van der Waals surface area contributed by atoms with Crippen molar-refractivity contribution in [1.29, 1.82) is 0 Å². The zero-order valence-corrected chi connectivity index (χ0v) is 11.8. The number of nitrogens with one attached hydrogen (secondary N) is 1. The highest BCUT2D eigenvalue weighted by Gasteiger charge is 2.31. The summed E-state index contributed by atoms with van der Waals surface area (Å²) in [5.74, 6) is -2.58. The van der Waals surface area contributed by atoms with E-state index < -0.39 is 23.4 Å². The Kier molecular flexibility index (Phi) is 5.79. The average molecular weight is 271 g/mol. The molecule has 19 heavy (non-hydrogen) atoms. The van der Waals surface area contributed by atoms with Crippen molar-refractivity contribution in [1.82, 2.24) is 5.32 Å². The number of rotatable bonds is 5. The second kappa shape index (κ2) is 6.89. The number of amides is 1. The smallest absolute Gasteiger partial charge is 0.307 e. The molecule has 0 heterocycles. The van der Waals surface area contributed by atoms with Gasteiger partial charge < -0.3 is 15.5 Å². The van der Waals surface area contributed by atoms with E-state index in [1.807, 2.05) is 0 Å². The van der Waals surface area contributed by atoms with E-state index in [0.717, 1.165) is 25.7 Å². The number of hydrogen-bond donors (Lipinski definition) is 3. The minimum absolute atomic E-state index is 0.225. The number of carboxylic acids is 1. The number of aliphatic carboxylic acids is 1. The molecule has 0 aromatic carbocycles. The summed E-state index contributed by atoms with van der Waals surface area (Å²) in [5.41, 5.74) is -0.821. The highest BCUT2D eigenvalue weighted by Crippen LogP contribution is 2.26. The van der Waals surface area contributed by atoms with Crippen molar-refractivity contribution in [3.05, 3.63) is 0 Å². The molecule has 0 aromatic heterocycles. The van der Waals surface area contributed by atoms with Crippen LogP contribution in [0.5, 0.6) is 0 Å². The number of carboxylic acid groups (broad SMARTS) is 1. The molecule has 110 valence electrons. The Morgan fingerprint density at radius 2 is 1.63 bits per heavy atom. The molecule has 2 unspecified atom stereocenters. The van der Waals surface area contributed by atoms with Crippen LogP contribution in [0.15, 0.2) is 0 Å². The molecule has 1 rings (SSSR count). The first-order chi connectivity index (χ1) is 8.86. The van der Waals surface area contributed by atoms with Crippen LogP contribution in [0.25, 0.3) is 0 Å². The summed E-state index contributed by atoms with van der Waals surface area (Å²) in [5, 5.41) is 22.0. The van der Waals surface area contributed by atoms with E-state index in [-0.39, 0.29) is 12.5 Å². The summed E-state index contributed by atoms with van der Waals surface area (Å²) < 4.78 is 0. The van der Waals surface area contributed by atoms with E-state index >= 15 is 0 Å². The molecule has 3 N–H and O–H groups in total. The van der Waals surface area contributed by atoms with Crippen molar-refractivity contribution in [2.75, 3.05) is 6.54 Å². The van der Waals surface area contributed by atoms with Gasteiger partial charge in [-0.2, -0.15) is 0 Å². The molecule has 5 nitrogen and oxygen atoms in total. The van der Waals surface area contributed by atoms with E-state index in [4.69, 9.17) is 5.11 Å². The first kappa shape index (κ1) is 16.0. The minimum atomic E-state index is -0.976. The third-order valence-corrected chi connectivity index (χ3v) is 4.18. The highest BCUT2D eigenvalue weighted by atomic mass is 16.4. The van der Waals surface area contributed by atoms with E-state index in [2.05, 4.69) is 5.32 Å². The molecule has 0 bridgehead atoms. The van der Waals surface area contributed by atoms with Gasteiger partial charge in [0.25, 0.3) is 0 Å². The second-order valence-electron chi connectivity index (χ2n) is 5.77. The predicted octanol–water partition coefficient (Wildman–Crippen LogP) is 1.54. The van der Waals surface area contributed by atoms with Crippen molar-refractivity contribution in [2.24, 2.45) is 11.8 Å². The van der Waals surface area contributed by atoms with Crippen molar-refractivity contribution >= 4 is 11.9 Å². The van der Waals surface area contributed by atoms with Gasteiger partial charge in [-0.25, -0.2) is 0 Å². The fourth-order valence-electron chi connectivity index (χ4n) is 2.42. The monoisotopic (exact) mass is 271 g/mol. The minimum Gasteiger partial charge on any atom is -0.481 e. The lowest BCUT2D eigenvalue weighted by atomic mass is 9.92. The molecule has 0 aliphatic heterocycles. The van der Waals surface area contributed by atoms with Crippen LogP contribution in [-0.2, 0) is 9.59 Å². The van der Waals surface area contributed by atoms with Crippen molar-refractivity contribution in [2.45, 2.75) is 58.0 Å². The van der Waals surface area contributed by atoms with E-state index in [1.54, 1.807) is 6.92 Å². The summed E-state index contributed by atoms with van der Waals surface area (Å²) >= 11 is 0. The van der Waals surface area contributed by atoms with Crippen LogP contribution in [0.3, 0.4) is 0 Å². The van der Waals surface area contributed by atoms with Gasteiger partial charge in [0.15, 0.2) is 0 Å². The van der Waals surface area contributed by atoms with Gasteiger partial charge in [-0.3, -0.25) is 9.59 Å². The van der Waals surface area contributed by atoms with E-state index in [0.29, 0.717) is 12.8 Å². The zero-order valence-electron chi connectivity index (χ0n) is 11.8. The third kappa shape index (κ3) is 4.82. The molecule has 0 saturated heterocycles. The fourth-order valence-corrected chi connectivity index (χ4v) is 2.42. The zero-order chi connectivity index (χ0) is 14.5. The lowest BCUT2D eigenvalue weighted by molar-refractivity contribution is -0.146. The Balaban J connectivity index is 2.46. The molecular weight excluding hydrogens is 246 g/mol. The van der Waals surface area contributed by atoms with E-state index in [9.17, 15) is 14.7 Å². The average Bonchev–Trinajstić information content (AvgIpc) is 2.59. The van der Waals surface area contributed by atoms with Gasteiger partial charge in [0.2, 0.25) is 5.91 Å². The summed E-state index contributed by atoms with van der Waals surface area (Å²) in [6.07, 6.45) is 5.62. The maximum Gasteiger partial charge on any atom is 0.307 e. The lowest BCUT2D eigenvalue weighted by Crippen LogP contribution is -2.45. The Morgan fingerprint density at radius 1 is 1.11 bits per heavy atom. The molecule has 1 aliphatic rings. The first-order valence-electron chi connectivity index (χ1n) is 7.09. The summed E-state index contributed by atoms with van der Waals surface area (Å²) in [6.45, 7) is 3.35. The van der Waals surface area contributed by atoms with E-state index in [1.165, 1.54) is 6.92 Å². The van der Waals surface area contributed by atoms with Crippen LogP contribution in [0.4, 0.5) is 0 Å². The molecule has 0 spiro atoms.